The van der Waals surface area contributed by atoms with Gasteiger partial charge in [0.15, 0.2) is 0 Å². The SMILES string of the molecule is CCCCn1c(=O)c2cc[nH]c2n(CCCC)c1=O. The number of hydrogen-bond acceptors (Lipinski definition) is 2. The topological polar surface area (TPSA) is 59.8 Å². The number of unbranched alkanes of at least 4 members (excludes halogenated alkanes) is 2. The van der Waals surface area contributed by atoms with Crippen molar-refractivity contribution < 1.29 is 0 Å². The first kappa shape index (κ1) is 13.6. The normalized spacial score (nSPS) is 11.3. The molecule has 0 atom stereocenters. The second kappa shape index (κ2) is 5.91. The first-order valence-corrected chi connectivity index (χ1v) is 7.01. The Morgan fingerprint density at radius 1 is 1.05 bits per heavy atom. The van der Waals surface area contributed by atoms with Crippen LogP contribution in [0.4, 0.5) is 0 Å². The van der Waals surface area contributed by atoms with Crippen LogP contribution in [0.2, 0.25) is 0 Å². The van der Waals surface area contributed by atoms with Gasteiger partial charge in [-0.1, -0.05) is 26.7 Å². The minimum absolute atomic E-state index is 0.178. The first-order valence-electron chi connectivity index (χ1n) is 7.01. The summed E-state index contributed by atoms with van der Waals surface area (Å²) in [6, 6.07) is 1.75. The summed E-state index contributed by atoms with van der Waals surface area (Å²) in [5.74, 6) is 0. The summed E-state index contributed by atoms with van der Waals surface area (Å²) in [5.41, 5.74) is 0.278. The Labute approximate surface area is 111 Å². The lowest BCUT2D eigenvalue weighted by molar-refractivity contribution is 0.531. The minimum atomic E-state index is -0.193. The van der Waals surface area contributed by atoms with Crippen LogP contribution in [-0.4, -0.2) is 14.1 Å². The van der Waals surface area contributed by atoms with E-state index in [1.807, 2.05) is 0 Å². The van der Waals surface area contributed by atoms with E-state index >= 15 is 0 Å². The van der Waals surface area contributed by atoms with E-state index < -0.39 is 0 Å². The number of nitrogens with zero attached hydrogens (tertiary/aromatic N) is 2. The number of aromatic amines is 1. The molecule has 19 heavy (non-hydrogen) atoms. The van der Waals surface area contributed by atoms with E-state index in [9.17, 15) is 9.59 Å². The number of H-pyrrole nitrogens is 1. The van der Waals surface area contributed by atoms with Crippen molar-refractivity contribution in [3.8, 4) is 0 Å². The van der Waals surface area contributed by atoms with Crippen molar-refractivity contribution in [1.82, 2.24) is 14.1 Å². The van der Waals surface area contributed by atoms with Gasteiger partial charge < -0.3 is 4.98 Å². The summed E-state index contributed by atoms with van der Waals surface area (Å²) in [5, 5.41) is 0.604. The molecule has 0 aromatic carbocycles. The molecule has 2 aromatic rings. The molecule has 0 aliphatic rings. The number of hydrogen-bond donors (Lipinski definition) is 1. The fourth-order valence-electron chi connectivity index (χ4n) is 2.27. The van der Waals surface area contributed by atoms with E-state index in [4.69, 9.17) is 0 Å². The van der Waals surface area contributed by atoms with Crippen molar-refractivity contribution in [2.24, 2.45) is 0 Å². The molecule has 0 radical (unpaired) electrons. The van der Waals surface area contributed by atoms with Crippen molar-refractivity contribution in [2.45, 2.75) is 52.6 Å². The quantitative estimate of drug-likeness (QED) is 0.867. The lowest BCUT2D eigenvalue weighted by Crippen LogP contribution is -2.40. The van der Waals surface area contributed by atoms with Gasteiger partial charge in [0.2, 0.25) is 0 Å². The first-order chi connectivity index (χ1) is 9.20. The minimum Gasteiger partial charge on any atom is -0.347 e. The highest BCUT2D eigenvalue weighted by molar-refractivity contribution is 5.74. The van der Waals surface area contributed by atoms with Gasteiger partial charge in [0.1, 0.15) is 5.65 Å². The van der Waals surface area contributed by atoms with Gasteiger partial charge in [-0.25, -0.2) is 4.79 Å². The van der Waals surface area contributed by atoms with Crippen LogP contribution in [0.3, 0.4) is 0 Å². The predicted molar refractivity (Wildman–Crippen MR) is 76.6 cm³/mol. The van der Waals surface area contributed by atoms with Gasteiger partial charge in [0.05, 0.1) is 5.39 Å². The number of rotatable bonds is 6. The standard InChI is InChI=1S/C14H21N3O2/c1-3-5-9-16-12-11(7-8-15-12)13(18)17(14(16)19)10-6-4-2/h7-8,15H,3-6,9-10H2,1-2H3. The summed E-state index contributed by atoms with van der Waals surface area (Å²) in [4.78, 5) is 27.7. The van der Waals surface area contributed by atoms with Gasteiger partial charge in [-0.15, -0.1) is 0 Å². The molecule has 1 N–H and O–H groups in total. The van der Waals surface area contributed by atoms with Crippen LogP contribution in [0.5, 0.6) is 0 Å². The van der Waals surface area contributed by atoms with Gasteiger partial charge in [0.25, 0.3) is 5.56 Å². The zero-order valence-electron chi connectivity index (χ0n) is 11.6. The van der Waals surface area contributed by atoms with E-state index in [-0.39, 0.29) is 11.2 Å². The lowest BCUT2D eigenvalue weighted by Gasteiger charge is -2.11. The second-order valence-corrected chi connectivity index (χ2v) is 4.84. The van der Waals surface area contributed by atoms with Gasteiger partial charge in [-0.3, -0.25) is 13.9 Å². The van der Waals surface area contributed by atoms with Crippen LogP contribution in [0, 0.1) is 0 Å². The summed E-state index contributed by atoms with van der Waals surface area (Å²) in [6.07, 6.45) is 5.48. The van der Waals surface area contributed by atoms with E-state index in [0.717, 1.165) is 25.7 Å². The highest BCUT2D eigenvalue weighted by Gasteiger charge is 2.12. The predicted octanol–water partition coefficient (Wildman–Crippen LogP) is 2.09. The molecule has 5 nitrogen and oxygen atoms in total. The molecule has 2 aromatic heterocycles. The molecule has 0 aliphatic heterocycles. The third-order valence-electron chi connectivity index (χ3n) is 3.40. The fourth-order valence-corrected chi connectivity index (χ4v) is 2.27. The Kier molecular flexibility index (Phi) is 4.24. The van der Waals surface area contributed by atoms with Crippen LogP contribution < -0.4 is 11.2 Å². The molecular weight excluding hydrogens is 242 g/mol. The van der Waals surface area contributed by atoms with Crippen molar-refractivity contribution in [1.29, 1.82) is 0 Å². The van der Waals surface area contributed by atoms with E-state index in [2.05, 4.69) is 18.8 Å². The zero-order chi connectivity index (χ0) is 13.8. The maximum atomic E-state index is 12.4. The summed E-state index contributed by atoms with van der Waals surface area (Å²) in [7, 11) is 0. The van der Waals surface area contributed by atoms with E-state index in [1.165, 1.54) is 4.57 Å². The van der Waals surface area contributed by atoms with Crippen LogP contribution in [0.15, 0.2) is 21.9 Å². The van der Waals surface area contributed by atoms with Gasteiger partial charge >= 0.3 is 5.69 Å². The highest BCUT2D eigenvalue weighted by Crippen LogP contribution is 2.06. The van der Waals surface area contributed by atoms with Gasteiger partial charge in [-0.05, 0) is 18.9 Å². The molecule has 0 amide bonds. The van der Waals surface area contributed by atoms with Crippen molar-refractivity contribution in [3.63, 3.8) is 0 Å². The zero-order valence-corrected chi connectivity index (χ0v) is 11.6. The van der Waals surface area contributed by atoms with Gasteiger partial charge in [-0.2, -0.15) is 0 Å². The molecule has 0 saturated carbocycles. The second-order valence-electron chi connectivity index (χ2n) is 4.84. The van der Waals surface area contributed by atoms with E-state index in [1.54, 1.807) is 16.8 Å². The Morgan fingerprint density at radius 3 is 2.32 bits per heavy atom. The Morgan fingerprint density at radius 2 is 1.68 bits per heavy atom. The maximum Gasteiger partial charge on any atom is 0.332 e. The van der Waals surface area contributed by atoms with Crippen molar-refractivity contribution in [3.05, 3.63) is 33.1 Å². The number of fused-ring (bicyclic) bond motifs is 1. The van der Waals surface area contributed by atoms with Gasteiger partial charge in [0, 0.05) is 19.3 Å². The third-order valence-corrected chi connectivity index (χ3v) is 3.40. The lowest BCUT2D eigenvalue weighted by atomic mass is 10.3. The number of aryl methyl sites for hydroxylation is 1. The molecule has 2 heterocycles. The molecule has 0 aliphatic carbocycles. The number of nitrogens with one attached hydrogen (secondary N) is 1. The fraction of sp³-hybridized carbons (Fsp3) is 0.571. The van der Waals surface area contributed by atoms with Crippen LogP contribution in [0.1, 0.15) is 39.5 Å². The van der Waals surface area contributed by atoms with Crippen LogP contribution in [0.25, 0.3) is 11.0 Å². The van der Waals surface area contributed by atoms with Crippen LogP contribution >= 0.6 is 0 Å². The Balaban J connectivity index is 2.61. The van der Waals surface area contributed by atoms with Crippen molar-refractivity contribution in [2.75, 3.05) is 0 Å². The van der Waals surface area contributed by atoms with Crippen LogP contribution in [-0.2, 0) is 13.1 Å². The number of aromatic nitrogens is 3. The third kappa shape index (κ3) is 2.50. The molecular formula is C14H21N3O2. The van der Waals surface area contributed by atoms with Crippen molar-refractivity contribution >= 4 is 11.0 Å². The average Bonchev–Trinajstić information content (AvgIpc) is 2.88. The van der Waals surface area contributed by atoms with E-state index in [0.29, 0.717) is 24.1 Å². The smallest absolute Gasteiger partial charge is 0.332 e. The average molecular weight is 263 g/mol. The molecule has 0 fully saturated rings. The largest absolute Gasteiger partial charge is 0.347 e. The molecule has 5 heteroatoms. The molecule has 2 rings (SSSR count). The molecule has 0 saturated heterocycles. The molecule has 0 bridgehead atoms. The summed E-state index contributed by atoms with van der Waals surface area (Å²) >= 11 is 0. The summed E-state index contributed by atoms with van der Waals surface area (Å²) in [6.45, 7) is 5.29. The molecule has 0 spiro atoms. The Hall–Kier alpha value is -1.78. The monoisotopic (exact) mass is 263 g/mol. The molecule has 0 unspecified atom stereocenters. The highest BCUT2D eigenvalue weighted by atomic mass is 16.2. The summed E-state index contributed by atoms with van der Waals surface area (Å²) < 4.78 is 3.06. The maximum absolute atomic E-state index is 12.4. The molecule has 104 valence electrons. The Bertz CT molecular complexity index is 663.